The molecule has 26 heavy (non-hydrogen) atoms. The maximum Gasteiger partial charge on any atom is 0.309 e. The molecule has 1 amide bonds. The number of anilines is 1. The van der Waals surface area contributed by atoms with E-state index in [1.165, 1.54) is 4.31 Å². The summed E-state index contributed by atoms with van der Waals surface area (Å²) in [6.07, 6.45) is 1.91. The highest BCUT2D eigenvalue weighted by molar-refractivity contribution is 7.88. The highest BCUT2D eigenvalue weighted by Crippen LogP contribution is 2.34. The number of hydrogen-bond donors (Lipinski definition) is 1. The molecular formula is C16H20N2O7S. The summed E-state index contributed by atoms with van der Waals surface area (Å²) in [7, 11) is -3.24. The summed E-state index contributed by atoms with van der Waals surface area (Å²) in [5.41, 5.74) is 0.511. The van der Waals surface area contributed by atoms with Gasteiger partial charge >= 0.3 is 5.97 Å². The molecule has 0 radical (unpaired) electrons. The molecule has 0 aliphatic carbocycles. The number of carbonyl (C=O) groups is 2. The first-order chi connectivity index (χ1) is 12.3. The molecule has 1 fully saturated rings. The van der Waals surface area contributed by atoms with Gasteiger partial charge < -0.3 is 19.5 Å². The minimum absolute atomic E-state index is 0.141. The van der Waals surface area contributed by atoms with Crippen LogP contribution in [0, 0.1) is 5.92 Å². The fourth-order valence-electron chi connectivity index (χ4n) is 2.85. The third-order valence-corrected chi connectivity index (χ3v) is 5.56. The number of sulfonamides is 1. The van der Waals surface area contributed by atoms with Crippen LogP contribution in [0.15, 0.2) is 18.2 Å². The number of rotatable bonds is 5. The van der Waals surface area contributed by atoms with Crippen LogP contribution >= 0.6 is 0 Å². The molecule has 1 saturated heterocycles. The van der Waals surface area contributed by atoms with Crippen molar-refractivity contribution in [2.45, 2.75) is 12.8 Å². The molecule has 0 aromatic heterocycles. The Morgan fingerprint density at radius 2 is 1.92 bits per heavy atom. The molecule has 2 aliphatic heterocycles. The van der Waals surface area contributed by atoms with Crippen molar-refractivity contribution in [3.05, 3.63) is 18.2 Å². The van der Waals surface area contributed by atoms with Crippen LogP contribution in [0.2, 0.25) is 0 Å². The summed E-state index contributed by atoms with van der Waals surface area (Å²) in [5, 5.41) is 2.62. The average Bonchev–Trinajstić information content (AvgIpc) is 3.07. The first-order valence-electron chi connectivity index (χ1n) is 8.14. The summed E-state index contributed by atoms with van der Waals surface area (Å²) in [5.74, 6) is -0.205. The highest BCUT2D eigenvalue weighted by atomic mass is 32.2. The number of benzene rings is 1. The van der Waals surface area contributed by atoms with Crippen LogP contribution in [0.5, 0.6) is 11.5 Å². The first-order valence-corrected chi connectivity index (χ1v) is 9.99. The molecule has 0 bridgehead atoms. The Morgan fingerprint density at radius 3 is 2.62 bits per heavy atom. The van der Waals surface area contributed by atoms with Gasteiger partial charge in [0.1, 0.15) is 0 Å². The molecule has 0 spiro atoms. The standard InChI is InChI=1S/C16H20N2O7S/c1-26(21,22)18-6-4-11(5-7-18)16(20)23-9-15(19)17-12-2-3-13-14(8-12)25-10-24-13/h2-3,8,11H,4-7,9-10H2,1H3,(H,17,19). The Balaban J connectivity index is 1.44. The SMILES string of the molecule is CS(=O)(=O)N1CCC(C(=O)OCC(=O)Nc2ccc3c(c2)OCO3)CC1. The number of ether oxygens (including phenoxy) is 3. The van der Waals surface area contributed by atoms with E-state index in [4.69, 9.17) is 14.2 Å². The largest absolute Gasteiger partial charge is 0.455 e. The van der Waals surface area contributed by atoms with Crippen molar-refractivity contribution in [3.8, 4) is 11.5 Å². The third kappa shape index (κ3) is 4.44. The lowest BCUT2D eigenvalue weighted by Crippen LogP contribution is -2.40. The van der Waals surface area contributed by atoms with Crippen molar-refractivity contribution in [3.63, 3.8) is 0 Å². The summed E-state index contributed by atoms with van der Waals surface area (Å²) >= 11 is 0. The second kappa shape index (κ2) is 7.50. The Labute approximate surface area is 151 Å². The molecule has 0 atom stereocenters. The van der Waals surface area contributed by atoms with Crippen molar-refractivity contribution in [1.29, 1.82) is 0 Å². The number of amides is 1. The van der Waals surface area contributed by atoms with E-state index in [-0.39, 0.29) is 19.9 Å². The van der Waals surface area contributed by atoms with Gasteiger partial charge in [0.2, 0.25) is 16.8 Å². The molecule has 1 aromatic rings. The smallest absolute Gasteiger partial charge is 0.309 e. The Hall–Kier alpha value is -2.33. The van der Waals surface area contributed by atoms with E-state index in [0.29, 0.717) is 30.0 Å². The minimum atomic E-state index is -3.24. The molecular weight excluding hydrogens is 364 g/mol. The lowest BCUT2D eigenvalue weighted by atomic mass is 9.98. The fourth-order valence-corrected chi connectivity index (χ4v) is 3.72. The first kappa shape index (κ1) is 18.5. The van der Waals surface area contributed by atoms with E-state index >= 15 is 0 Å². The molecule has 9 nitrogen and oxygen atoms in total. The van der Waals surface area contributed by atoms with Crippen LogP contribution in [0.4, 0.5) is 5.69 Å². The van der Waals surface area contributed by atoms with Crippen molar-refractivity contribution in [2.24, 2.45) is 5.92 Å². The quantitative estimate of drug-likeness (QED) is 0.739. The molecule has 142 valence electrons. The van der Waals surface area contributed by atoms with E-state index in [2.05, 4.69) is 5.32 Å². The van der Waals surface area contributed by atoms with Crippen LogP contribution < -0.4 is 14.8 Å². The van der Waals surface area contributed by atoms with Crippen LogP contribution in [-0.4, -0.2) is 57.3 Å². The van der Waals surface area contributed by atoms with Gasteiger partial charge in [-0.2, -0.15) is 0 Å². The summed E-state index contributed by atoms with van der Waals surface area (Å²) in [6, 6.07) is 4.97. The predicted octanol–water partition coefficient (Wildman–Crippen LogP) is 0.569. The van der Waals surface area contributed by atoms with Gasteiger partial charge in [-0.25, -0.2) is 12.7 Å². The van der Waals surface area contributed by atoms with Crippen molar-refractivity contribution >= 4 is 27.6 Å². The number of hydrogen-bond acceptors (Lipinski definition) is 7. The average molecular weight is 384 g/mol. The van der Waals surface area contributed by atoms with Crippen LogP contribution in [0.3, 0.4) is 0 Å². The Morgan fingerprint density at radius 1 is 1.23 bits per heavy atom. The van der Waals surface area contributed by atoms with Crippen LogP contribution in [0.1, 0.15) is 12.8 Å². The van der Waals surface area contributed by atoms with Crippen molar-refractivity contribution < 1.29 is 32.2 Å². The zero-order valence-electron chi connectivity index (χ0n) is 14.3. The number of piperidine rings is 1. The van der Waals surface area contributed by atoms with Gasteiger partial charge in [0, 0.05) is 24.8 Å². The topological polar surface area (TPSA) is 111 Å². The van der Waals surface area contributed by atoms with Gasteiger partial charge in [0.25, 0.3) is 5.91 Å². The number of fused-ring (bicyclic) bond motifs is 1. The second-order valence-electron chi connectivity index (χ2n) is 6.16. The van der Waals surface area contributed by atoms with Gasteiger partial charge in [-0.05, 0) is 25.0 Å². The van der Waals surface area contributed by atoms with Crippen molar-refractivity contribution in [2.75, 3.05) is 38.1 Å². The second-order valence-corrected chi connectivity index (χ2v) is 8.14. The van der Waals surface area contributed by atoms with Gasteiger partial charge in [0.15, 0.2) is 18.1 Å². The normalized spacial score (nSPS) is 17.7. The lowest BCUT2D eigenvalue weighted by Gasteiger charge is -2.28. The Bertz CT molecular complexity index is 801. The number of nitrogens with one attached hydrogen (secondary N) is 1. The van der Waals surface area contributed by atoms with Gasteiger partial charge in [-0.1, -0.05) is 0 Å². The zero-order valence-corrected chi connectivity index (χ0v) is 15.1. The van der Waals surface area contributed by atoms with E-state index in [1.54, 1.807) is 18.2 Å². The maximum atomic E-state index is 12.1. The molecule has 0 unspecified atom stereocenters. The van der Waals surface area contributed by atoms with E-state index in [9.17, 15) is 18.0 Å². The molecule has 1 N–H and O–H groups in total. The van der Waals surface area contributed by atoms with Crippen LogP contribution in [0.25, 0.3) is 0 Å². The number of esters is 1. The lowest BCUT2D eigenvalue weighted by molar-refractivity contribution is -0.152. The molecule has 10 heteroatoms. The molecule has 0 saturated carbocycles. The zero-order chi connectivity index (χ0) is 18.7. The molecule has 2 aliphatic rings. The minimum Gasteiger partial charge on any atom is -0.455 e. The van der Waals surface area contributed by atoms with E-state index < -0.39 is 34.4 Å². The number of nitrogens with zero attached hydrogens (tertiary/aromatic N) is 1. The fraction of sp³-hybridized carbons (Fsp3) is 0.500. The van der Waals surface area contributed by atoms with E-state index in [0.717, 1.165) is 6.26 Å². The number of carbonyl (C=O) groups excluding carboxylic acids is 2. The highest BCUT2D eigenvalue weighted by Gasteiger charge is 2.30. The summed E-state index contributed by atoms with van der Waals surface area (Å²) in [6.45, 7) is 0.298. The summed E-state index contributed by atoms with van der Waals surface area (Å²) < 4.78 is 39.7. The monoisotopic (exact) mass is 384 g/mol. The van der Waals surface area contributed by atoms with E-state index in [1.807, 2.05) is 0 Å². The van der Waals surface area contributed by atoms with Crippen molar-refractivity contribution in [1.82, 2.24) is 4.31 Å². The van der Waals surface area contributed by atoms with Gasteiger partial charge in [-0.15, -0.1) is 0 Å². The maximum absolute atomic E-state index is 12.1. The molecule has 1 aromatic carbocycles. The molecule has 2 heterocycles. The summed E-state index contributed by atoms with van der Waals surface area (Å²) in [4.78, 5) is 24.0. The Kier molecular flexibility index (Phi) is 5.33. The third-order valence-electron chi connectivity index (χ3n) is 4.26. The molecule has 3 rings (SSSR count). The van der Waals surface area contributed by atoms with Crippen LogP contribution in [-0.2, 0) is 24.3 Å². The van der Waals surface area contributed by atoms with Gasteiger partial charge in [-0.3, -0.25) is 9.59 Å². The van der Waals surface area contributed by atoms with Gasteiger partial charge in [0.05, 0.1) is 12.2 Å². The predicted molar refractivity (Wildman–Crippen MR) is 91.3 cm³/mol.